The first-order chi connectivity index (χ1) is 13.9. The number of carbonyl (C=O) groups excluding carboxylic acids is 2. The summed E-state index contributed by atoms with van der Waals surface area (Å²) in [5.41, 5.74) is 1.53. The molecule has 4 rings (SSSR count). The highest BCUT2D eigenvalue weighted by Gasteiger charge is 2.34. The van der Waals surface area contributed by atoms with Crippen molar-refractivity contribution in [3.63, 3.8) is 0 Å². The van der Waals surface area contributed by atoms with Gasteiger partial charge in [0.1, 0.15) is 18.2 Å². The normalized spacial score (nSPS) is 16.0. The molecular weight excluding hydrogens is 398 g/mol. The van der Waals surface area contributed by atoms with E-state index >= 15 is 0 Å². The van der Waals surface area contributed by atoms with Crippen LogP contribution in [0, 0.1) is 11.6 Å². The van der Waals surface area contributed by atoms with Gasteiger partial charge in [-0.3, -0.25) is 9.59 Å². The maximum atomic E-state index is 14.1. The van der Waals surface area contributed by atoms with Gasteiger partial charge in [0.25, 0.3) is 5.91 Å². The zero-order valence-corrected chi connectivity index (χ0v) is 15.8. The predicted molar refractivity (Wildman–Crippen MR) is 106 cm³/mol. The Morgan fingerprint density at radius 2 is 1.69 bits per heavy atom. The molecule has 1 atom stereocenters. The van der Waals surface area contributed by atoms with Crippen LogP contribution in [-0.4, -0.2) is 23.3 Å². The molecule has 0 saturated carbocycles. The number of hydrogen-bond donors (Lipinski definition) is 1. The lowest BCUT2D eigenvalue weighted by molar-refractivity contribution is -0.117. The van der Waals surface area contributed by atoms with Crippen molar-refractivity contribution in [1.29, 1.82) is 0 Å². The molecule has 1 N–H and O–H groups in total. The van der Waals surface area contributed by atoms with Crippen LogP contribution in [0.5, 0.6) is 0 Å². The summed E-state index contributed by atoms with van der Waals surface area (Å²) in [7, 11) is 0. The Labute approximate surface area is 170 Å². The van der Waals surface area contributed by atoms with E-state index in [2.05, 4.69) is 5.32 Å². The Balaban J connectivity index is 1.91. The zero-order valence-electron chi connectivity index (χ0n) is 15.0. The SMILES string of the molecule is O=C1CN(C(=O)c2ccccc2Cl)[C@H](c2ccc(F)cc2)c2cc(F)ccc2N1. The monoisotopic (exact) mass is 412 g/mol. The van der Waals surface area contributed by atoms with Gasteiger partial charge in [-0.2, -0.15) is 0 Å². The molecule has 1 aliphatic rings. The van der Waals surface area contributed by atoms with Crippen LogP contribution >= 0.6 is 11.6 Å². The third-order valence-electron chi connectivity index (χ3n) is 4.76. The Bertz CT molecular complexity index is 1100. The van der Waals surface area contributed by atoms with Crippen molar-refractivity contribution in [3.05, 3.63) is 100 Å². The van der Waals surface area contributed by atoms with E-state index < -0.39 is 29.5 Å². The van der Waals surface area contributed by atoms with Crippen LogP contribution in [0.1, 0.15) is 27.5 Å². The number of anilines is 1. The number of hydrogen-bond acceptors (Lipinski definition) is 2. The van der Waals surface area contributed by atoms with E-state index in [-0.39, 0.29) is 17.1 Å². The average Bonchev–Trinajstić information content (AvgIpc) is 2.84. The summed E-state index contributed by atoms with van der Waals surface area (Å²) in [6.07, 6.45) is 0. The maximum Gasteiger partial charge on any atom is 0.256 e. The van der Waals surface area contributed by atoms with Crippen molar-refractivity contribution < 1.29 is 18.4 Å². The molecule has 0 radical (unpaired) electrons. The van der Waals surface area contributed by atoms with E-state index in [9.17, 15) is 18.4 Å². The van der Waals surface area contributed by atoms with E-state index in [0.717, 1.165) is 0 Å². The summed E-state index contributed by atoms with van der Waals surface area (Å²) in [5.74, 6) is -1.88. The molecule has 0 aliphatic carbocycles. The number of rotatable bonds is 2. The second-order valence-electron chi connectivity index (χ2n) is 6.65. The number of halogens is 3. The fourth-order valence-electron chi connectivity index (χ4n) is 3.46. The Kier molecular flexibility index (Phi) is 5.03. The Hall–Kier alpha value is -3.25. The first kappa shape index (κ1) is 19.1. The summed E-state index contributed by atoms with van der Waals surface area (Å²) in [6, 6.07) is 15.2. The molecule has 29 heavy (non-hydrogen) atoms. The molecular formula is C22H15ClF2N2O2. The van der Waals surface area contributed by atoms with Gasteiger partial charge < -0.3 is 10.2 Å². The first-order valence-electron chi connectivity index (χ1n) is 8.84. The molecule has 4 nitrogen and oxygen atoms in total. The average molecular weight is 413 g/mol. The molecule has 0 aromatic heterocycles. The van der Waals surface area contributed by atoms with Crippen molar-refractivity contribution in [3.8, 4) is 0 Å². The van der Waals surface area contributed by atoms with Crippen LogP contribution < -0.4 is 5.32 Å². The molecule has 1 heterocycles. The van der Waals surface area contributed by atoms with Gasteiger partial charge in [-0.15, -0.1) is 0 Å². The molecule has 3 aromatic carbocycles. The molecule has 2 amide bonds. The molecule has 1 aliphatic heterocycles. The maximum absolute atomic E-state index is 14.1. The zero-order chi connectivity index (χ0) is 20.5. The molecule has 0 spiro atoms. The highest BCUT2D eigenvalue weighted by molar-refractivity contribution is 6.33. The lowest BCUT2D eigenvalue weighted by atomic mass is 9.95. The molecule has 0 saturated heterocycles. The summed E-state index contributed by atoms with van der Waals surface area (Å²) in [5, 5.41) is 2.94. The summed E-state index contributed by atoms with van der Waals surface area (Å²) < 4.78 is 27.6. The third kappa shape index (κ3) is 3.71. The summed E-state index contributed by atoms with van der Waals surface area (Å²) in [4.78, 5) is 27.2. The van der Waals surface area contributed by atoms with Gasteiger partial charge in [0.15, 0.2) is 0 Å². The second kappa shape index (κ2) is 7.64. The minimum atomic E-state index is -0.816. The van der Waals surface area contributed by atoms with E-state index in [4.69, 9.17) is 11.6 Å². The Morgan fingerprint density at radius 3 is 2.41 bits per heavy atom. The van der Waals surface area contributed by atoms with Crippen molar-refractivity contribution >= 4 is 29.1 Å². The Morgan fingerprint density at radius 1 is 1.00 bits per heavy atom. The molecule has 0 fully saturated rings. The fourth-order valence-corrected chi connectivity index (χ4v) is 3.68. The number of nitrogens with zero attached hydrogens (tertiary/aromatic N) is 1. The highest BCUT2D eigenvalue weighted by Crippen LogP contribution is 2.37. The van der Waals surface area contributed by atoms with Crippen molar-refractivity contribution in [2.24, 2.45) is 0 Å². The van der Waals surface area contributed by atoms with Gasteiger partial charge in [-0.1, -0.05) is 35.9 Å². The molecule has 7 heteroatoms. The number of carbonyl (C=O) groups is 2. The standard InChI is InChI=1S/C22H15ClF2N2O2/c23-18-4-2-1-3-16(18)22(29)27-12-20(28)26-19-10-9-15(25)11-17(19)21(27)13-5-7-14(24)8-6-13/h1-11,21H,12H2,(H,26,28)/t21-/m1/s1. The van der Waals surface area contributed by atoms with Crippen LogP contribution in [0.4, 0.5) is 14.5 Å². The molecule has 3 aromatic rings. The minimum Gasteiger partial charge on any atom is -0.324 e. The van der Waals surface area contributed by atoms with Gasteiger partial charge in [0.05, 0.1) is 16.6 Å². The van der Waals surface area contributed by atoms with Crippen LogP contribution in [0.25, 0.3) is 0 Å². The van der Waals surface area contributed by atoms with E-state index in [0.29, 0.717) is 16.8 Å². The smallest absolute Gasteiger partial charge is 0.256 e. The van der Waals surface area contributed by atoms with Crippen molar-refractivity contribution in [2.45, 2.75) is 6.04 Å². The van der Waals surface area contributed by atoms with Crippen LogP contribution in [-0.2, 0) is 4.79 Å². The minimum absolute atomic E-state index is 0.217. The summed E-state index contributed by atoms with van der Waals surface area (Å²) >= 11 is 6.20. The number of fused-ring (bicyclic) bond motifs is 1. The quantitative estimate of drug-likeness (QED) is 0.657. The van der Waals surface area contributed by atoms with Crippen LogP contribution in [0.2, 0.25) is 5.02 Å². The lowest BCUT2D eigenvalue weighted by Gasteiger charge is -2.31. The van der Waals surface area contributed by atoms with Gasteiger partial charge in [0.2, 0.25) is 5.91 Å². The molecule has 146 valence electrons. The third-order valence-corrected chi connectivity index (χ3v) is 5.09. The summed E-state index contributed by atoms with van der Waals surface area (Å²) in [6.45, 7) is -0.275. The van der Waals surface area contributed by atoms with E-state index in [1.807, 2.05) is 0 Å². The van der Waals surface area contributed by atoms with Gasteiger partial charge in [-0.25, -0.2) is 8.78 Å². The van der Waals surface area contributed by atoms with E-state index in [1.54, 1.807) is 24.3 Å². The second-order valence-corrected chi connectivity index (χ2v) is 7.05. The topological polar surface area (TPSA) is 49.4 Å². The lowest BCUT2D eigenvalue weighted by Crippen LogP contribution is -2.39. The van der Waals surface area contributed by atoms with Crippen LogP contribution in [0.15, 0.2) is 66.7 Å². The number of amides is 2. The number of benzene rings is 3. The largest absolute Gasteiger partial charge is 0.324 e. The van der Waals surface area contributed by atoms with E-state index in [1.165, 1.54) is 47.4 Å². The fraction of sp³-hybridized carbons (Fsp3) is 0.0909. The predicted octanol–water partition coefficient (Wildman–Crippen LogP) is 4.80. The molecule has 0 unspecified atom stereocenters. The first-order valence-corrected chi connectivity index (χ1v) is 9.22. The van der Waals surface area contributed by atoms with Gasteiger partial charge in [-0.05, 0) is 48.0 Å². The van der Waals surface area contributed by atoms with Crippen molar-refractivity contribution in [2.75, 3.05) is 11.9 Å². The van der Waals surface area contributed by atoms with Crippen LogP contribution in [0.3, 0.4) is 0 Å². The van der Waals surface area contributed by atoms with Gasteiger partial charge in [0, 0.05) is 11.3 Å². The number of nitrogens with one attached hydrogen (secondary N) is 1. The molecule has 0 bridgehead atoms. The van der Waals surface area contributed by atoms with Crippen molar-refractivity contribution in [1.82, 2.24) is 4.90 Å². The van der Waals surface area contributed by atoms with Gasteiger partial charge >= 0.3 is 0 Å². The highest BCUT2D eigenvalue weighted by atomic mass is 35.5.